The first-order valence-corrected chi connectivity index (χ1v) is 8.50. The van der Waals surface area contributed by atoms with E-state index in [-0.39, 0.29) is 11.3 Å². The Morgan fingerprint density at radius 2 is 2.12 bits per heavy atom. The van der Waals surface area contributed by atoms with Crippen LogP contribution in [-0.4, -0.2) is 57.2 Å². The van der Waals surface area contributed by atoms with Gasteiger partial charge in [-0.1, -0.05) is 0 Å². The van der Waals surface area contributed by atoms with Crippen molar-refractivity contribution in [1.29, 1.82) is 0 Å². The van der Waals surface area contributed by atoms with Crippen molar-refractivity contribution in [2.75, 3.05) is 26.3 Å². The predicted octanol–water partition coefficient (Wildman–Crippen LogP) is 1.52. The summed E-state index contributed by atoms with van der Waals surface area (Å²) in [6, 6.07) is 4.20. The molecule has 132 valence electrons. The van der Waals surface area contributed by atoms with E-state index in [2.05, 4.69) is 15.1 Å². The molecule has 3 rings (SSSR count). The van der Waals surface area contributed by atoms with Gasteiger partial charge in [-0.05, 0) is 17.8 Å². The Labute approximate surface area is 148 Å². The molecule has 0 spiro atoms. The molecule has 0 bridgehead atoms. The lowest BCUT2D eigenvalue weighted by Gasteiger charge is -2.25. The molecule has 0 saturated carbocycles. The maximum absolute atomic E-state index is 11.2. The summed E-state index contributed by atoms with van der Waals surface area (Å²) in [5.74, 6) is 0.818. The minimum Gasteiger partial charge on any atom is -0.379 e. The van der Waals surface area contributed by atoms with Crippen LogP contribution in [0.2, 0.25) is 0 Å². The van der Waals surface area contributed by atoms with E-state index in [1.807, 2.05) is 11.6 Å². The fraction of sp³-hybridized carbons (Fsp3) is 0.400. The molecule has 25 heavy (non-hydrogen) atoms. The first-order chi connectivity index (χ1) is 12.1. The molecule has 0 aliphatic carbocycles. The third-order valence-corrected chi connectivity index (χ3v) is 5.06. The molecule has 2 heterocycles. The Morgan fingerprint density at radius 1 is 1.36 bits per heavy atom. The Hall–Kier alpha value is -2.30. The molecular weight excluding hydrogens is 346 g/mol. The number of nitrogens with zero attached hydrogens (tertiary/aromatic N) is 5. The largest absolute Gasteiger partial charge is 0.379 e. The molecule has 1 aliphatic heterocycles. The van der Waals surface area contributed by atoms with Gasteiger partial charge in [0, 0.05) is 42.7 Å². The van der Waals surface area contributed by atoms with Gasteiger partial charge in [0.15, 0.2) is 11.4 Å². The van der Waals surface area contributed by atoms with Crippen molar-refractivity contribution in [2.24, 2.45) is 7.05 Å². The Kier molecular flexibility index (Phi) is 5.41. The minimum absolute atomic E-state index is 0.113. The van der Waals surface area contributed by atoms with Gasteiger partial charge in [0.1, 0.15) is 5.82 Å². The number of aromatic nitrogens is 3. The van der Waals surface area contributed by atoms with Gasteiger partial charge < -0.3 is 9.30 Å². The van der Waals surface area contributed by atoms with Gasteiger partial charge in [0.2, 0.25) is 0 Å². The summed E-state index contributed by atoms with van der Waals surface area (Å²) in [4.78, 5) is 24.4. The van der Waals surface area contributed by atoms with E-state index in [0.29, 0.717) is 36.1 Å². The van der Waals surface area contributed by atoms with Crippen molar-refractivity contribution < 1.29 is 14.5 Å². The molecule has 0 radical (unpaired) electrons. The monoisotopic (exact) mass is 363 g/mol. The van der Waals surface area contributed by atoms with Crippen LogP contribution in [-0.2, 0) is 18.3 Å². The van der Waals surface area contributed by atoms with Crippen LogP contribution in [0.25, 0.3) is 0 Å². The maximum atomic E-state index is 11.2. The second-order valence-corrected chi connectivity index (χ2v) is 6.55. The quantitative estimate of drug-likeness (QED) is 0.432. The van der Waals surface area contributed by atoms with E-state index in [1.54, 1.807) is 6.07 Å². The van der Waals surface area contributed by atoms with E-state index in [0.717, 1.165) is 18.9 Å². The second-order valence-electron chi connectivity index (χ2n) is 5.55. The van der Waals surface area contributed by atoms with E-state index in [9.17, 15) is 14.9 Å². The van der Waals surface area contributed by atoms with Crippen LogP contribution < -0.4 is 0 Å². The molecule has 0 amide bonds. The molecule has 1 fully saturated rings. The van der Waals surface area contributed by atoms with E-state index >= 15 is 0 Å². The number of non-ortho nitro benzene ring substituents is 1. The number of rotatable bonds is 6. The SMILES string of the molecule is Cn1c(CN2CCOCC2)nnc1Sc1ccc([N+](=O)[O-])cc1C=O. The molecule has 2 aromatic rings. The Balaban J connectivity index is 1.77. The van der Waals surface area contributed by atoms with Gasteiger partial charge in [-0.3, -0.25) is 19.8 Å². The molecule has 9 nitrogen and oxygen atoms in total. The maximum Gasteiger partial charge on any atom is 0.270 e. The van der Waals surface area contributed by atoms with Crippen molar-refractivity contribution >= 4 is 23.7 Å². The number of morpholine rings is 1. The van der Waals surface area contributed by atoms with Gasteiger partial charge in [0.05, 0.1) is 24.7 Å². The number of carbonyl (C=O) groups excluding carboxylic acids is 1. The van der Waals surface area contributed by atoms with Gasteiger partial charge in [-0.2, -0.15) is 0 Å². The molecule has 1 saturated heterocycles. The fourth-order valence-electron chi connectivity index (χ4n) is 2.46. The molecule has 0 N–H and O–H groups in total. The lowest BCUT2D eigenvalue weighted by molar-refractivity contribution is -0.384. The second kappa shape index (κ2) is 7.72. The first-order valence-electron chi connectivity index (χ1n) is 7.68. The number of hydrogen-bond acceptors (Lipinski definition) is 8. The normalized spacial score (nSPS) is 15.2. The van der Waals surface area contributed by atoms with Crippen molar-refractivity contribution in [2.45, 2.75) is 16.6 Å². The topological polar surface area (TPSA) is 103 Å². The van der Waals surface area contributed by atoms with Crippen LogP contribution in [0.4, 0.5) is 5.69 Å². The van der Waals surface area contributed by atoms with Gasteiger partial charge >= 0.3 is 0 Å². The summed E-state index contributed by atoms with van der Waals surface area (Å²) in [5.41, 5.74) is 0.148. The predicted molar refractivity (Wildman–Crippen MR) is 89.7 cm³/mol. The zero-order chi connectivity index (χ0) is 17.8. The summed E-state index contributed by atoms with van der Waals surface area (Å²) in [6.45, 7) is 3.81. The van der Waals surface area contributed by atoms with Crippen molar-refractivity contribution in [3.8, 4) is 0 Å². The number of aldehydes is 1. The van der Waals surface area contributed by atoms with Crippen LogP contribution in [0, 0.1) is 10.1 Å². The first kappa shape index (κ1) is 17.5. The van der Waals surface area contributed by atoms with Crippen LogP contribution >= 0.6 is 11.8 Å². The highest BCUT2D eigenvalue weighted by Gasteiger charge is 2.18. The molecule has 1 aromatic heterocycles. The van der Waals surface area contributed by atoms with E-state index in [4.69, 9.17) is 4.74 Å². The molecule has 0 atom stereocenters. The lowest BCUT2D eigenvalue weighted by atomic mass is 10.2. The number of ether oxygens (including phenoxy) is 1. The summed E-state index contributed by atoms with van der Waals surface area (Å²) in [6.07, 6.45) is 0.611. The minimum atomic E-state index is -0.524. The lowest BCUT2D eigenvalue weighted by Crippen LogP contribution is -2.36. The summed E-state index contributed by atoms with van der Waals surface area (Å²) < 4.78 is 7.21. The van der Waals surface area contributed by atoms with E-state index in [1.165, 1.54) is 23.9 Å². The summed E-state index contributed by atoms with van der Waals surface area (Å²) >= 11 is 1.26. The van der Waals surface area contributed by atoms with Crippen LogP contribution in [0.1, 0.15) is 16.2 Å². The third kappa shape index (κ3) is 4.03. The molecule has 1 aliphatic rings. The molecular formula is C15H17N5O4S. The van der Waals surface area contributed by atoms with E-state index < -0.39 is 4.92 Å². The standard InChI is InChI=1S/C15H17N5O4S/c1-18-14(9-19-4-6-24-7-5-19)16-17-15(18)25-13-3-2-12(20(22)23)8-11(13)10-21/h2-3,8,10H,4-7,9H2,1H3. The highest BCUT2D eigenvalue weighted by molar-refractivity contribution is 7.99. The van der Waals surface area contributed by atoms with Gasteiger partial charge in [-0.25, -0.2) is 0 Å². The third-order valence-electron chi connectivity index (χ3n) is 3.93. The zero-order valence-corrected chi connectivity index (χ0v) is 14.4. The average molecular weight is 363 g/mol. The number of benzene rings is 1. The number of nitro benzene ring substituents is 1. The highest BCUT2D eigenvalue weighted by Crippen LogP contribution is 2.31. The smallest absolute Gasteiger partial charge is 0.270 e. The van der Waals surface area contributed by atoms with Crippen LogP contribution in [0.3, 0.4) is 0 Å². The number of carbonyl (C=O) groups is 1. The van der Waals surface area contributed by atoms with Crippen molar-refractivity contribution in [3.05, 3.63) is 39.7 Å². The van der Waals surface area contributed by atoms with Gasteiger partial charge in [0.25, 0.3) is 5.69 Å². The van der Waals surface area contributed by atoms with Crippen LogP contribution in [0.5, 0.6) is 0 Å². The highest BCUT2D eigenvalue weighted by atomic mass is 32.2. The fourth-order valence-corrected chi connectivity index (χ4v) is 3.35. The Morgan fingerprint density at radius 3 is 2.80 bits per heavy atom. The molecule has 10 heteroatoms. The van der Waals surface area contributed by atoms with Crippen molar-refractivity contribution in [1.82, 2.24) is 19.7 Å². The molecule has 1 aromatic carbocycles. The van der Waals surface area contributed by atoms with Crippen molar-refractivity contribution in [3.63, 3.8) is 0 Å². The number of hydrogen-bond donors (Lipinski definition) is 0. The molecule has 0 unspecified atom stereocenters. The van der Waals surface area contributed by atoms with Gasteiger partial charge in [-0.15, -0.1) is 10.2 Å². The summed E-state index contributed by atoms with van der Waals surface area (Å²) in [5, 5.41) is 19.9. The number of nitro groups is 1. The summed E-state index contributed by atoms with van der Waals surface area (Å²) in [7, 11) is 1.87. The average Bonchev–Trinajstić information content (AvgIpc) is 2.96. The van der Waals surface area contributed by atoms with Crippen LogP contribution in [0.15, 0.2) is 28.3 Å². The zero-order valence-electron chi connectivity index (χ0n) is 13.6. The Bertz CT molecular complexity index is 788.